The van der Waals surface area contributed by atoms with E-state index in [1.807, 2.05) is 36.9 Å². The number of nitrogens with one attached hydrogen (secondary N) is 1. The molecular formula is C21H25N5O2. The van der Waals surface area contributed by atoms with E-state index in [1.54, 1.807) is 18.5 Å². The van der Waals surface area contributed by atoms with Crippen LogP contribution in [0.1, 0.15) is 17.5 Å². The quantitative estimate of drug-likeness (QED) is 0.879. The van der Waals surface area contributed by atoms with Gasteiger partial charge in [0.1, 0.15) is 0 Å². The zero-order valence-corrected chi connectivity index (χ0v) is 16.3. The maximum Gasteiger partial charge on any atom is 0.228 e. The van der Waals surface area contributed by atoms with Gasteiger partial charge in [-0.2, -0.15) is 0 Å². The molecule has 146 valence electrons. The Morgan fingerprint density at radius 1 is 1.00 bits per heavy atom. The fourth-order valence-corrected chi connectivity index (χ4v) is 3.63. The normalized spacial score (nSPS) is 21.4. The molecule has 1 aliphatic carbocycles. The number of carbonyl (C=O) groups excluding carboxylic acids is 2. The minimum absolute atomic E-state index is 0.0575. The average Bonchev–Trinajstić information content (AvgIpc) is 3.52. The number of aromatic nitrogens is 2. The predicted octanol–water partition coefficient (Wildman–Crippen LogP) is 2.02. The van der Waals surface area contributed by atoms with Crippen LogP contribution in [0.4, 0.5) is 11.6 Å². The third-order valence-electron chi connectivity index (χ3n) is 5.65. The topological polar surface area (TPSA) is 78.4 Å². The number of amides is 2. The average molecular weight is 379 g/mol. The van der Waals surface area contributed by atoms with E-state index in [-0.39, 0.29) is 23.7 Å². The van der Waals surface area contributed by atoms with Crippen LogP contribution in [0.15, 0.2) is 36.7 Å². The molecule has 2 fully saturated rings. The molecule has 2 atom stereocenters. The first kappa shape index (κ1) is 18.4. The third-order valence-corrected chi connectivity index (χ3v) is 5.65. The molecule has 0 spiro atoms. The number of benzene rings is 1. The standard InChI is InChI=1S/C21H25N5O2/c1-14-4-5-16(12-15(14)2)24-19(27)17-13-18(17)20(28)25-8-10-26(11-9-25)21-22-6-3-7-23-21/h3-7,12,17-18H,8-11,13H2,1-2H3,(H,24,27). The van der Waals surface area contributed by atoms with Crippen LogP contribution in [-0.4, -0.2) is 52.9 Å². The van der Waals surface area contributed by atoms with Crippen molar-refractivity contribution in [3.05, 3.63) is 47.8 Å². The van der Waals surface area contributed by atoms with Crippen molar-refractivity contribution in [3.8, 4) is 0 Å². The van der Waals surface area contributed by atoms with E-state index in [0.717, 1.165) is 11.3 Å². The van der Waals surface area contributed by atoms with E-state index in [4.69, 9.17) is 0 Å². The van der Waals surface area contributed by atoms with E-state index in [0.29, 0.717) is 38.5 Å². The molecule has 1 N–H and O–H groups in total. The molecule has 1 aliphatic heterocycles. The van der Waals surface area contributed by atoms with Crippen molar-refractivity contribution in [1.29, 1.82) is 0 Å². The van der Waals surface area contributed by atoms with Crippen LogP contribution in [0.25, 0.3) is 0 Å². The van der Waals surface area contributed by atoms with Crippen molar-refractivity contribution in [3.63, 3.8) is 0 Å². The van der Waals surface area contributed by atoms with E-state index >= 15 is 0 Å². The molecule has 2 aliphatic rings. The lowest BCUT2D eigenvalue weighted by Gasteiger charge is -2.34. The van der Waals surface area contributed by atoms with Crippen LogP contribution in [0.2, 0.25) is 0 Å². The Labute approximate surface area is 164 Å². The number of piperazine rings is 1. The molecule has 1 saturated carbocycles. The fraction of sp³-hybridized carbons (Fsp3) is 0.429. The highest BCUT2D eigenvalue weighted by atomic mass is 16.2. The van der Waals surface area contributed by atoms with E-state index < -0.39 is 0 Å². The molecule has 2 amide bonds. The maximum absolute atomic E-state index is 12.8. The molecule has 0 radical (unpaired) electrons. The summed E-state index contributed by atoms with van der Waals surface area (Å²) in [6, 6.07) is 7.66. The van der Waals surface area contributed by atoms with Crippen LogP contribution in [0.5, 0.6) is 0 Å². The Bertz CT molecular complexity index is 878. The van der Waals surface area contributed by atoms with E-state index in [2.05, 4.69) is 20.2 Å². The van der Waals surface area contributed by atoms with Gasteiger partial charge in [-0.05, 0) is 49.6 Å². The summed E-state index contributed by atoms with van der Waals surface area (Å²) >= 11 is 0. The second-order valence-corrected chi connectivity index (χ2v) is 7.60. The molecule has 2 heterocycles. The van der Waals surface area contributed by atoms with Crippen molar-refractivity contribution in [1.82, 2.24) is 14.9 Å². The molecule has 28 heavy (non-hydrogen) atoms. The Morgan fingerprint density at radius 2 is 1.71 bits per heavy atom. The van der Waals surface area contributed by atoms with Crippen molar-refractivity contribution in [2.24, 2.45) is 11.8 Å². The lowest BCUT2D eigenvalue weighted by Crippen LogP contribution is -2.50. The van der Waals surface area contributed by atoms with E-state index in [9.17, 15) is 9.59 Å². The molecule has 7 nitrogen and oxygen atoms in total. The molecule has 7 heteroatoms. The predicted molar refractivity (Wildman–Crippen MR) is 107 cm³/mol. The first-order chi connectivity index (χ1) is 13.5. The number of anilines is 2. The molecule has 1 aromatic carbocycles. The van der Waals surface area contributed by atoms with Gasteiger partial charge in [0.05, 0.1) is 11.8 Å². The second kappa shape index (κ2) is 7.58. The third kappa shape index (κ3) is 3.83. The maximum atomic E-state index is 12.8. The van der Waals surface area contributed by atoms with Gasteiger partial charge in [0.15, 0.2) is 0 Å². The van der Waals surface area contributed by atoms with Crippen molar-refractivity contribution in [2.75, 3.05) is 36.4 Å². The van der Waals surface area contributed by atoms with Crippen LogP contribution in [-0.2, 0) is 9.59 Å². The molecule has 1 aromatic heterocycles. The van der Waals surface area contributed by atoms with Gasteiger partial charge in [0.25, 0.3) is 0 Å². The Morgan fingerprint density at radius 3 is 2.39 bits per heavy atom. The van der Waals surface area contributed by atoms with Crippen molar-refractivity contribution < 1.29 is 9.59 Å². The van der Waals surface area contributed by atoms with Gasteiger partial charge in [-0.25, -0.2) is 9.97 Å². The summed E-state index contributed by atoms with van der Waals surface area (Å²) in [5, 5.41) is 2.95. The van der Waals surface area contributed by atoms with Crippen LogP contribution in [0.3, 0.4) is 0 Å². The van der Waals surface area contributed by atoms with Gasteiger partial charge in [-0.1, -0.05) is 6.07 Å². The van der Waals surface area contributed by atoms with Gasteiger partial charge in [-0.15, -0.1) is 0 Å². The molecule has 4 rings (SSSR count). The Hall–Kier alpha value is -2.96. The molecule has 0 bridgehead atoms. The van der Waals surface area contributed by atoms with Gasteiger partial charge < -0.3 is 15.1 Å². The summed E-state index contributed by atoms with van der Waals surface area (Å²) in [7, 11) is 0. The summed E-state index contributed by atoms with van der Waals surface area (Å²) < 4.78 is 0. The Balaban J connectivity index is 1.28. The highest BCUT2D eigenvalue weighted by molar-refractivity contribution is 5.99. The van der Waals surface area contributed by atoms with Gasteiger partial charge in [0.2, 0.25) is 17.8 Å². The highest BCUT2D eigenvalue weighted by Crippen LogP contribution is 2.41. The minimum atomic E-state index is -0.218. The molecule has 2 unspecified atom stereocenters. The van der Waals surface area contributed by atoms with Crippen molar-refractivity contribution >= 4 is 23.5 Å². The zero-order chi connectivity index (χ0) is 19.7. The number of rotatable bonds is 4. The van der Waals surface area contributed by atoms with Crippen LogP contribution >= 0.6 is 0 Å². The summed E-state index contributed by atoms with van der Waals surface area (Å²) in [5.74, 6) is 0.328. The van der Waals surface area contributed by atoms with Crippen LogP contribution in [0, 0.1) is 25.7 Å². The number of hydrogen-bond acceptors (Lipinski definition) is 5. The minimum Gasteiger partial charge on any atom is -0.339 e. The summed E-state index contributed by atoms with van der Waals surface area (Å²) in [6.07, 6.45) is 4.09. The number of carbonyl (C=O) groups is 2. The first-order valence-corrected chi connectivity index (χ1v) is 9.72. The number of aryl methyl sites for hydroxylation is 2. The smallest absolute Gasteiger partial charge is 0.228 e. The van der Waals surface area contributed by atoms with Crippen molar-refractivity contribution in [2.45, 2.75) is 20.3 Å². The summed E-state index contributed by atoms with van der Waals surface area (Å²) in [4.78, 5) is 37.7. The molecule has 1 saturated heterocycles. The van der Waals surface area contributed by atoms with Gasteiger partial charge >= 0.3 is 0 Å². The summed E-state index contributed by atoms with van der Waals surface area (Å²) in [6.45, 7) is 6.76. The monoisotopic (exact) mass is 379 g/mol. The SMILES string of the molecule is Cc1ccc(NC(=O)C2CC2C(=O)N2CCN(c3ncccn3)CC2)cc1C. The fourth-order valence-electron chi connectivity index (χ4n) is 3.63. The Kier molecular flexibility index (Phi) is 4.98. The lowest BCUT2D eigenvalue weighted by molar-refractivity contribution is -0.134. The first-order valence-electron chi connectivity index (χ1n) is 9.72. The molecular weight excluding hydrogens is 354 g/mol. The largest absolute Gasteiger partial charge is 0.339 e. The number of hydrogen-bond donors (Lipinski definition) is 1. The molecule has 2 aromatic rings. The van der Waals surface area contributed by atoms with Gasteiger partial charge in [-0.3, -0.25) is 9.59 Å². The lowest BCUT2D eigenvalue weighted by atomic mass is 10.1. The van der Waals surface area contributed by atoms with E-state index in [1.165, 1.54) is 5.56 Å². The number of nitrogens with zero attached hydrogens (tertiary/aromatic N) is 4. The zero-order valence-electron chi connectivity index (χ0n) is 16.3. The second-order valence-electron chi connectivity index (χ2n) is 7.60. The summed E-state index contributed by atoms with van der Waals surface area (Å²) in [5.41, 5.74) is 3.13. The van der Waals surface area contributed by atoms with Gasteiger partial charge in [0, 0.05) is 44.3 Å². The highest BCUT2D eigenvalue weighted by Gasteiger charge is 2.49. The van der Waals surface area contributed by atoms with Crippen LogP contribution < -0.4 is 10.2 Å².